The summed E-state index contributed by atoms with van der Waals surface area (Å²) < 4.78 is 39.9. The van der Waals surface area contributed by atoms with Gasteiger partial charge in [0.1, 0.15) is 5.01 Å². The molecule has 6 nitrogen and oxygen atoms in total. The van der Waals surface area contributed by atoms with Crippen LogP contribution in [-0.4, -0.2) is 27.3 Å². The lowest BCUT2D eigenvalue weighted by atomic mass is 10.1. The lowest BCUT2D eigenvalue weighted by Crippen LogP contribution is -2.36. The van der Waals surface area contributed by atoms with E-state index >= 15 is 0 Å². The molecular formula is C19H21F3N6S. The summed E-state index contributed by atoms with van der Waals surface area (Å²) in [5, 5.41) is 11.7. The molecule has 0 radical (unpaired) electrons. The van der Waals surface area contributed by atoms with E-state index in [-0.39, 0.29) is 6.54 Å². The van der Waals surface area contributed by atoms with E-state index in [4.69, 9.17) is 0 Å². The topological polar surface area (TPSA) is 67.1 Å². The minimum Gasteiger partial charge on any atom is -0.357 e. The maximum atomic E-state index is 12.7. The highest BCUT2D eigenvalue weighted by atomic mass is 32.1. The molecule has 3 rings (SSSR count). The van der Waals surface area contributed by atoms with Crippen LogP contribution in [0.15, 0.2) is 53.1 Å². The number of nitrogens with zero attached hydrogens (tertiary/aromatic N) is 4. The first-order valence-corrected chi connectivity index (χ1v) is 9.91. The highest BCUT2D eigenvalue weighted by molar-refractivity contribution is 7.09. The lowest BCUT2D eigenvalue weighted by molar-refractivity contribution is -0.140. The Morgan fingerprint density at radius 2 is 1.97 bits per heavy atom. The monoisotopic (exact) mass is 422 g/mol. The summed E-state index contributed by atoms with van der Waals surface area (Å²) in [6, 6.07) is 9.82. The van der Waals surface area contributed by atoms with Crippen LogP contribution in [0.3, 0.4) is 0 Å². The quantitative estimate of drug-likeness (QED) is 0.451. The second-order valence-electron chi connectivity index (χ2n) is 6.15. The average Bonchev–Trinajstić information content (AvgIpc) is 3.36. The third-order valence-electron chi connectivity index (χ3n) is 4.01. The summed E-state index contributed by atoms with van der Waals surface area (Å²) >= 11 is 0.969. The van der Waals surface area contributed by atoms with E-state index < -0.39 is 11.9 Å². The van der Waals surface area contributed by atoms with Gasteiger partial charge in [-0.1, -0.05) is 24.3 Å². The van der Waals surface area contributed by atoms with Crippen LogP contribution >= 0.6 is 11.3 Å². The Balaban J connectivity index is 1.66. The van der Waals surface area contributed by atoms with E-state index in [1.54, 1.807) is 6.20 Å². The van der Waals surface area contributed by atoms with Crippen LogP contribution in [0, 0.1) is 0 Å². The number of hydrogen-bond acceptors (Lipinski definition) is 4. The van der Waals surface area contributed by atoms with E-state index in [0.717, 1.165) is 27.8 Å². The predicted molar refractivity (Wildman–Crippen MR) is 107 cm³/mol. The second-order valence-corrected chi connectivity index (χ2v) is 7.09. The van der Waals surface area contributed by atoms with Gasteiger partial charge in [-0.15, -0.1) is 11.3 Å². The molecule has 2 N–H and O–H groups in total. The largest absolute Gasteiger partial charge is 0.434 e. The number of thiazole rings is 1. The van der Waals surface area contributed by atoms with Crippen LogP contribution in [0.5, 0.6) is 0 Å². The van der Waals surface area contributed by atoms with E-state index in [2.05, 4.69) is 25.7 Å². The zero-order valence-corrected chi connectivity index (χ0v) is 16.6. The van der Waals surface area contributed by atoms with Crippen LogP contribution in [0.4, 0.5) is 13.2 Å². The molecule has 0 unspecified atom stereocenters. The van der Waals surface area contributed by atoms with Crippen molar-refractivity contribution in [2.24, 2.45) is 4.99 Å². The Bertz CT molecular complexity index is 934. The summed E-state index contributed by atoms with van der Waals surface area (Å²) in [5.41, 5.74) is 1.29. The highest BCUT2D eigenvalue weighted by Crippen LogP contribution is 2.29. The predicted octanol–water partition coefficient (Wildman–Crippen LogP) is 3.66. The summed E-state index contributed by atoms with van der Waals surface area (Å²) in [4.78, 5) is 8.19. The molecule has 0 saturated carbocycles. The molecule has 29 heavy (non-hydrogen) atoms. The van der Waals surface area contributed by atoms with E-state index in [9.17, 15) is 13.2 Å². The molecule has 2 aromatic heterocycles. The Morgan fingerprint density at radius 1 is 1.17 bits per heavy atom. The van der Waals surface area contributed by atoms with Gasteiger partial charge >= 0.3 is 6.18 Å². The van der Waals surface area contributed by atoms with Gasteiger partial charge in [0.2, 0.25) is 0 Å². The Morgan fingerprint density at radius 3 is 2.62 bits per heavy atom. The molecule has 0 spiro atoms. The van der Waals surface area contributed by atoms with E-state index in [1.807, 2.05) is 48.1 Å². The normalized spacial score (nSPS) is 12.2. The Labute approximate surface area is 170 Å². The van der Waals surface area contributed by atoms with Crippen LogP contribution in [0.2, 0.25) is 0 Å². The minimum absolute atomic E-state index is 0.168. The molecule has 0 atom stereocenters. The first-order valence-electron chi connectivity index (χ1n) is 9.03. The number of rotatable bonds is 7. The van der Waals surface area contributed by atoms with Gasteiger partial charge in [-0.25, -0.2) is 9.98 Å². The van der Waals surface area contributed by atoms with Gasteiger partial charge in [-0.05, 0) is 24.1 Å². The van der Waals surface area contributed by atoms with Crippen LogP contribution in [0.1, 0.15) is 28.8 Å². The van der Waals surface area contributed by atoms with Crippen molar-refractivity contribution in [1.82, 2.24) is 25.4 Å². The molecule has 0 saturated heterocycles. The number of benzene rings is 1. The number of guanidine groups is 1. The van der Waals surface area contributed by atoms with Crippen molar-refractivity contribution in [3.05, 3.63) is 69.9 Å². The van der Waals surface area contributed by atoms with Crippen molar-refractivity contribution in [2.75, 3.05) is 6.54 Å². The fourth-order valence-corrected chi connectivity index (χ4v) is 3.36. The van der Waals surface area contributed by atoms with Crippen molar-refractivity contribution in [3.8, 4) is 0 Å². The van der Waals surface area contributed by atoms with E-state index in [0.29, 0.717) is 30.6 Å². The van der Waals surface area contributed by atoms with E-state index in [1.165, 1.54) is 0 Å². The summed E-state index contributed by atoms with van der Waals surface area (Å²) in [6.07, 6.45) is -0.794. The van der Waals surface area contributed by atoms with Crippen molar-refractivity contribution < 1.29 is 13.2 Å². The number of aromatic nitrogens is 3. The smallest absolute Gasteiger partial charge is 0.357 e. The van der Waals surface area contributed by atoms with Gasteiger partial charge in [0.25, 0.3) is 0 Å². The first-order chi connectivity index (χ1) is 14.0. The van der Waals surface area contributed by atoms with Gasteiger partial charge in [-0.2, -0.15) is 18.3 Å². The lowest BCUT2D eigenvalue weighted by Gasteiger charge is -2.12. The average molecular weight is 422 g/mol. The molecule has 2 heterocycles. The molecule has 1 aromatic carbocycles. The molecule has 3 aromatic rings. The zero-order valence-electron chi connectivity index (χ0n) is 15.8. The molecule has 0 bridgehead atoms. The van der Waals surface area contributed by atoms with Gasteiger partial charge < -0.3 is 10.6 Å². The number of nitrogens with one attached hydrogen (secondary N) is 2. The zero-order chi connectivity index (χ0) is 20.7. The van der Waals surface area contributed by atoms with Crippen LogP contribution < -0.4 is 10.6 Å². The molecular weight excluding hydrogens is 401 g/mol. The molecule has 154 valence electrons. The van der Waals surface area contributed by atoms with Crippen LogP contribution in [0.25, 0.3) is 0 Å². The Kier molecular flexibility index (Phi) is 6.86. The summed E-state index contributed by atoms with van der Waals surface area (Å²) in [5.74, 6) is 0.519. The third-order valence-corrected chi connectivity index (χ3v) is 4.86. The second kappa shape index (κ2) is 9.55. The fraction of sp³-hybridized carbons (Fsp3) is 0.316. The maximum absolute atomic E-state index is 12.7. The van der Waals surface area contributed by atoms with Crippen molar-refractivity contribution >= 4 is 17.3 Å². The summed E-state index contributed by atoms with van der Waals surface area (Å²) in [6.45, 7) is 3.79. The van der Waals surface area contributed by atoms with Crippen LogP contribution in [-0.2, 0) is 25.8 Å². The maximum Gasteiger partial charge on any atom is 0.434 e. The third kappa shape index (κ3) is 6.05. The van der Waals surface area contributed by atoms with Gasteiger partial charge in [0.15, 0.2) is 11.7 Å². The van der Waals surface area contributed by atoms with Crippen molar-refractivity contribution in [3.63, 3.8) is 0 Å². The standard InChI is InChI=1S/C19H21F3N6S/c1-2-23-18(25-11-17-27-16(13-29-17)19(20,21)22)24-10-14-6-3-4-7-15(14)12-28-9-5-8-26-28/h3-9,13H,2,10-12H2,1H3,(H2,23,24,25). The SMILES string of the molecule is CCNC(=NCc1ccccc1Cn1cccn1)NCc1nc(C(F)(F)F)cs1. The summed E-state index contributed by atoms with van der Waals surface area (Å²) in [7, 11) is 0. The molecule has 0 fully saturated rings. The molecule has 0 aliphatic heterocycles. The molecule has 0 amide bonds. The molecule has 0 aliphatic carbocycles. The van der Waals surface area contributed by atoms with Gasteiger partial charge in [0.05, 0.1) is 19.6 Å². The number of aliphatic imine (C=N–C) groups is 1. The fourth-order valence-electron chi connectivity index (χ4n) is 2.62. The van der Waals surface area contributed by atoms with Crippen molar-refractivity contribution in [1.29, 1.82) is 0 Å². The van der Waals surface area contributed by atoms with Gasteiger partial charge in [-0.3, -0.25) is 4.68 Å². The minimum atomic E-state index is -4.42. The number of hydrogen-bond donors (Lipinski definition) is 2. The number of halogens is 3. The Hall–Kier alpha value is -2.88. The molecule has 10 heteroatoms. The highest BCUT2D eigenvalue weighted by Gasteiger charge is 2.33. The first kappa shape index (κ1) is 20.8. The van der Waals surface area contributed by atoms with Gasteiger partial charge in [0, 0.05) is 24.3 Å². The van der Waals surface area contributed by atoms with Crippen molar-refractivity contribution in [2.45, 2.75) is 32.7 Å². The number of alkyl halides is 3. The molecule has 0 aliphatic rings.